The predicted molar refractivity (Wildman–Crippen MR) is 95.2 cm³/mol. The van der Waals surface area contributed by atoms with Crippen molar-refractivity contribution in [3.05, 3.63) is 28.4 Å². The number of aromatic nitrogens is 2. The van der Waals surface area contributed by atoms with E-state index in [1.54, 1.807) is 0 Å². The van der Waals surface area contributed by atoms with Crippen molar-refractivity contribution in [2.24, 2.45) is 5.41 Å². The summed E-state index contributed by atoms with van der Waals surface area (Å²) in [7, 11) is 0. The Morgan fingerprint density at radius 3 is 3.00 bits per heavy atom. The van der Waals surface area contributed by atoms with Gasteiger partial charge in [-0.15, -0.1) is 0 Å². The van der Waals surface area contributed by atoms with Gasteiger partial charge in [-0.3, -0.25) is 14.7 Å². The summed E-state index contributed by atoms with van der Waals surface area (Å²) in [4.78, 5) is 24.7. The number of carbonyl (C=O) groups is 2. The van der Waals surface area contributed by atoms with Crippen LogP contribution in [0.5, 0.6) is 0 Å². The maximum atomic E-state index is 12.5. The van der Waals surface area contributed by atoms with Crippen LogP contribution >= 0.6 is 15.9 Å². The number of fused-ring (bicyclic) bond motifs is 1. The molecule has 0 radical (unpaired) electrons. The number of hydrogen-bond acceptors (Lipinski definition) is 5. The summed E-state index contributed by atoms with van der Waals surface area (Å²) in [6.45, 7) is 1.98. The number of amides is 1. The van der Waals surface area contributed by atoms with Crippen molar-refractivity contribution >= 4 is 38.7 Å². The van der Waals surface area contributed by atoms with Gasteiger partial charge in [-0.25, -0.2) is 0 Å². The van der Waals surface area contributed by atoms with Gasteiger partial charge in [0.25, 0.3) is 5.91 Å². The zero-order valence-corrected chi connectivity index (χ0v) is 15.2. The Kier molecular flexibility index (Phi) is 4.24. The van der Waals surface area contributed by atoms with Crippen molar-refractivity contribution in [2.45, 2.75) is 25.4 Å². The van der Waals surface area contributed by atoms with Crippen LogP contribution in [0.2, 0.25) is 0 Å². The fraction of sp³-hybridized carbons (Fsp3) is 0.471. The van der Waals surface area contributed by atoms with Crippen LogP contribution in [0.25, 0.3) is 10.9 Å². The van der Waals surface area contributed by atoms with Crippen molar-refractivity contribution in [3.8, 4) is 0 Å². The second kappa shape index (κ2) is 6.42. The number of rotatable bonds is 3. The third-order valence-corrected chi connectivity index (χ3v) is 5.61. The van der Waals surface area contributed by atoms with Gasteiger partial charge in [0, 0.05) is 16.3 Å². The predicted octanol–water partition coefficient (Wildman–Crippen LogP) is 1.74. The van der Waals surface area contributed by atoms with E-state index >= 15 is 0 Å². The van der Waals surface area contributed by atoms with Crippen molar-refractivity contribution in [1.82, 2.24) is 20.8 Å². The standard InChI is InChI=1S/C17H19BrN4O3/c18-10-1-2-12-13(7-10)21-22-14(12)15(23)20-9-11-8-17(16(24)25-11)3-5-19-6-4-17/h1-2,7,11,19H,3-6,8-9H2,(H,20,23)(H,21,22). The Labute approximate surface area is 153 Å². The largest absolute Gasteiger partial charge is 0.460 e. The third-order valence-electron chi connectivity index (χ3n) is 5.12. The van der Waals surface area contributed by atoms with E-state index in [0.717, 1.165) is 41.3 Å². The number of nitrogens with one attached hydrogen (secondary N) is 3. The summed E-state index contributed by atoms with van der Waals surface area (Å²) in [5.41, 5.74) is 0.773. The smallest absolute Gasteiger partial charge is 0.312 e. The number of piperidine rings is 1. The monoisotopic (exact) mass is 406 g/mol. The van der Waals surface area contributed by atoms with Crippen LogP contribution in [0.1, 0.15) is 29.8 Å². The van der Waals surface area contributed by atoms with Gasteiger partial charge in [-0.05, 0) is 44.1 Å². The number of esters is 1. The second-order valence-electron chi connectivity index (χ2n) is 6.73. The van der Waals surface area contributed by atoms with E-state index in [1.807, 2.05) is 18.2 Å². The molecule has 0 aliphatic carbocycles. The number of halogens is 1. The van der Waals surface area contributed by atoms with Gasteiger partial charge in [-0.1, -0.05) is 15.9 Å². The molecule has 2 saturated heterocycles. The number of cyclic esters (lactones) is 1. The average Bonchev–Trinajstić information content (AvgIpc) is 3.15. The Hall–Kier alpha value is -1.93. The molecule has 8 heteroatoms. The van der Waals surface area contributed by atoms with E-state index in [0.29, 0.717) is 18.7 Å². The lowest BCUT2D eigenvalue weighted by molar-refractivity contribution is -0.149. The molecule has 25 heavy (non-hydrogen) atoms. The number of benzene rings is 1. The summed E-state index contributed by atoms with van der Waals surface area (Å²) in [5.74, 6) is -0.390. The Morgan fingerprint density at radius 1 is 1.40 bits per heavy atom. The number of hydrogen-bond donors (Lipinski definition) is 3. The molecule has 2 fully saturated rings. The zero-order chi connectivity index (χ0) is 17.4. The first-order valence-electron chi connectivity index (χ1n) is 8.41. The lowest BCUT2D eigenvalue weighted by atomic mass is 9.76. The van der Waals surface area contributed by atoms with E-state index in [2.05, 4.69) is 36.8 Å². The summed E-state index contributed by atoms with van der Waals surface area (Å²) in [6, 6.07) is 5.59. The number of nitrogens with zero attached hydrogens (tertiary/aromatic N) is 1. The van der Waals surface area contributed by atoms with Crippen molar-refractivity contribution in [1.29, 1.82) is 0 Å². The fourth-order valence-electron chi connectivity index (χ4n) is 3.72. The third kappa shape index (κ3) is 3.04. The summed E-state index contributed by atoms with van der Waals surface area (Å²) in [6.07, 6.45) is 2.00. The first kappa shape index (κ1) is 16.5. The number of H-pyrrole nitrogens is 1. The minimum atomic E-state index is -0.369. The molecule has 4 rings (SSSR count). The fourth-order valence-corrected chi connectivity index (χ4v) is 4.08. The SMILES string of the molecule is O=C(NCC1CC2(CCNCC2)C(=O)O1)c1n[nH]c2cc(Br)ccc12. The van der Waals surface area contributed by atoms with E-state index < -0.39 is 0 Å². The number of ether oxygens (including phenoxy) is 1. The van der Waals surface area contributed by atoms with E-state index in [-0.39, 0.29) is 23.4 Å². The van der Waals surface area contributed by atoms with Crippen LogP contribution in [0, 0.1) is 5.41 Å². The highest BCUT2D eigenvalue weighted by atomic mass is 79.9. The molecule has 3 heterocycles. The molecule has 132 valence electrons. The molecule has 3 N–H and O–H groups in total. The average molecular weight is 407 g/mol. The Morgan fingerprint density at radius 2 is 2.20 bits per heavy atom. The van der Waals surface area contributed by atoms with Crippen LogP contribution < -0.4 is 10.6 Å². The molecular formula is C17H19BrN4O3. The maximum absolute atomic E-state index is 12.5. The van der Waals surface area contributed by atoms with E-state index in [9.17, 15) is 9.59 Å². The van der Waals surface area contributed by atoms with Gasteiger partial charge < -0.3 is 15.4 Å². The van der Waals surface area contributed by atoms with Gasteiger partial charge in [-0.2, -0.15) is 5.10 Å². The highest BCUT2D eigenvalue weighted by Gasteiger charge is 2.49. The topological polar surface area (TPSA) is 96.1 Å². The molecule has 1 spiro atoms. The lowest BCUT2D eigenvalue weighted by Crippen LogP contribution is -2.39. The van der Waals surface area contributed by atoms with Crippen LogP contribution in [0.3, 0.4) is 0 Å². The highest BCUT2D eigenvalue weighted by molar-refractivity contribution is 9.10. The molecular weight excluding hydrogens is 388 g/mol. The van der Waals surface area contributed by atoms with Crippen LogP contribution in [0.15, 0.2) is 22.7 Å². The molecule has 7 nitrogen and oxygen atoms in total. The molecule has 0 saturated carbocycles. The van der Waals surface area contributed by atoms with Gasteiger partial charge in [0.15, 0.2) is 5.69 Å². The highest BCUT2D eigenvalue weighted by Crippen LogP contribution is 2.41. The maximum Gasteiger partial charge on any atom is 0.312 e. The molecule has 1 atom stereocenters. The molecule has 1 aromatic carbocycles. The molecule has 1 aromatic heterocycles. The quantitative estimate of drug-likeness (QED) is 0.674. The van der Waals surface area contributed by atoms with E-state index in [1.165, 1.54) is 0 Å². The van der Waals surface area contributed by atoms with E-state index in [4.69, 9.17) is 4.74 Å². The minimum absolute atomic E-state index is 0.122. The summed E-state index contributed by atoms with van der Waals surface area (Å²) < 4.78 is 6.43. The first-order chi connectivity index (χ1) is 12.1. The second-order valence-corrected chi connectivity index (χ2v) is 7.65. The Bertz CT molecular complexity index is 828. The summed E-state index contributed by atoms with van der Waals surface area (Å²) >= 11 is 3.39. The molecule has 2 aliphatic rings. The van der Waals surface area contributed by atoms with Crippen molar-refractivity contribution in [3.63, 3.8) is 0 Å². The number of aromatic amines is 1. The van der Waals surface area contributed by atoms with Crippen molar-refractivity contribution in [2.75, 3.05) is 19.6 Å². The number of carbonyl (C=O) groups excluding carboxylic acids is 2. The lowest BCUT2D eigenvalue weighted by Gasteiger charge is -2.29. The molecule has 1 unspecified atom stereocenters. The van der Waals surface area contributed by atoms with Gasteiger partial charge in [0.05, 0.1) is 17.5 Å². The van der Waals surface area contributed by atoms with Crippen LogP contribution in [-0.2, 0) is 9.53 Å². The van der Waals surface area contributed by atoms with Crippen LogP contribution in [-0.4, -0.2) is 47.8 Å². The van der Waals surface area contributed by atoms with Gasteiger partial charge in [0.2, 0.25) is 0 Å². The zero-order valence-electron chi connectivity index (χ0n) is 13.6. The normalized spacial score (nSPS) is 22.3. The van der Waals surface area contributed by atoms with Crippen molar-refractivity contribution < 1.29 is 14.3 Å². The molecule has 0 bridgehead atoms. The minimum Gasteiger partial charge on any atom is -0.460 e. The Balaban J connectivity index is 1.41. The van der Waals surface area contributed by atoms with Gasteiger partial charge >= 0.3 is 5.97 Å². The van der Waals surface area contributed by atoms with Gasteiger partial charge in [0.1, 0.15) is 6.10 Å². The molecule has 1 amide bonds. The molecule has 2 aromatic rings. The molecule has 2 aliphatic heterocycles. The first-order valence-corrected chi connectivity index (χ1v) is 9.20. The summed E-state index contributed by atoms with van der Waals surface area (Å²) in [5, 5.41) is 13.8. The van der Waals surface area contributed by atoms with Crippen LogP contribution in [0.4, 0.5) is 0 Å².